The van der Waals surface area contributed by atoms with Crippen LogP contribution in [-0.4, -0.2) is 36.6 Å². The monoisotopic (exact) mass is 210 g/mol. The van der Waals surface area contributed by atoms with Gasteiger partial charge in [0.25, 0.3) is 0 Å². The summed E-state index contributed by atoms with van der Waals surface area (Å²) >= 11 is 0. The molecule has 0 spiro atoms. The van der Waals surface area contributed by atoms with Gasteiger partial charge in [0.1, 0.15) is 0 Å². The van der Waals surface area contributed by atoms with Gasteiger partial charge in [-0.3, -0.25) is 4.90 Å². The van der Waals surface area contributed by atoms with Gasteiger partial charge < -0.3 is 5.32 Å². The van der Waals surface area contributed by atoms with E-state index in [1.54, 1.807) is 0 Å². The highest BCUT2D eigenvalue weighted by Crippen LogP contribution is 2.23. The van der Waals surface area contributed by atoms with Crippen LogP contribution in [0.2, 0.25) is 0 Å². The van der Waals surface area contributed by atoms with Gasteiger partial charge in [-0.2, -0.15) is 0 Å². The van der Waals surface area contributed by atoms with Crippen molar-refractivity contribution in [2.45, 2.75) is 64.0 Å². The molecule has 0 bridgehead atoms. The fourth-order valence-electron chi connectivity index (χ4n) is 3.17. The average Bonchev–Trinajstić information content (AvgIpc) is 2.59. The molecule has 2 heteroatoms. The zero-order valence-electron chi connectivity index (χ0n) is 10.2. The Labute approximate surface area is 94.4 Å². The van der Waals surface area contributed by atoms with Gasteiger partial charge in [-0.05, 0) is 58.7 Å². The van der Waals surface area contributed by atoms with Crippen molar-refractivity contribution in [1.82, 2.24) is 10.2 Å². The van der Waals surface area contributed by atoms with Gasteiger partial charge >= 0.3 is 0 Å². The van der Waals surface area contributed by atoms with E-state index in [4.69, 9.17) is 0 Å². The van der Waals surface area contributed by atoms with Crippen LogP contribution in [0, 0.1) is 0 Å². The zero-order valence-corrected chi connectivity index (χ0v) is 10.2. The normalized spacial score (nSPS) is 35.8. The Balaban J connectivity index is 1.92. The van der Waals surface area contributed by atoms with Gasteiger partial charge in [0.05, 0.1) is 0 Å². The Morgan fingerprint density at radius 1 is 0.933 bits per heavy atom. The van der Waals surface area contributed by atoms with E-state index in [0.717, 1.165) is 12.1 Å². The lowest BCUT2D eigenvalue weighted by atomic mass is 10.0. The van der Waals surface area contributed by atoms with E-state index in [2.05, 4.69) is 17.1 Å². The predicted molar refractivity (Wildman–Crippen MR) is 65.1 cm³/mol. The van der Waals surface area contributed by atoms with Gasteiger partial charge in [0.2, 0.25) is 0 Å². The number of nitrogens with one attached hydrogen (secondary N) is 1. The molecular formula is C13H26N2. The van der Waals surface area contributed by atoms with Crippen molar-refractivity contribution in [2.75, 3.05) is 19.6 Å². The summed E-state index contributed by atoms with van der Waals surface area (Å²) < 4.78 is 0. The van der Waals surface area contributed by atoms with E-state index in [1.807, 2.05) is 0 Å². The minimum atomic E-state index is 0.829. The lowest BCUT2D eigenvalue weighted by molar-refractivity contribution is 0.135. The van der Waals surface area contributed by atoms with Crippen molar-refractivity contribution in [3.63, 3.8) is 0 Å². The van der Waals surface area contributed by atoms with Crippen LogP contribution in [0.5, 0.6) is 0 Å². The molecule has 2 rings (SSSR count). The maximum Gasteiger partial charge on any atom is 0.0111 e. The zero-order chi connectivity index (χ0) is 10.5. The summed E-state index contributed by atoms with van der Waals surface area (Å²) in [6.45, 7) is 6.25. The van der Waals surface area contributed by atoms with E-state index >= 15 is 0 Å². The first-order valence-electron chi connectivity index (χ1n) is 6.84. The molecule has 2 fully saturated rings. The molecule has 0 aromatic carbocycles. The van der Waals surface area contributed by atoms with Gasteiger partial charge in [-0.25, -0.2) is 0 Å². The Morgan fingerprint density at radius 2 is 1.87 bits per heavy atom. The summed E-state index contributed by atoms with van der Waals surface area (Å²) in [5.74, 6) is 0. The maximum atomic E-state index is 3.52. The minimum absolute atomic E-state index is 0.829. The highest BCUT2D eigenvalue weighted by molar-refractivity contribution is 4.81. The molecule has 2 unspecified atom stereocenters. The lowest BCUT2D eigenvalue weighted by Crippen LogP contribution is -2.41. The Bertz CT molecular complexity index is 173. The second-order valence-electron chi connectivity index (χ2n) is 5.27. The smallest absolute Gasteiger partial charge is 0.0111 e. The van der Waals surface area contributed by atoms with Crippen molar-refractivity contribution in [3.05, 3.63) is 0 Å². The van der Waals surface area contributed by atoms with Crippen LogP contribution in [0.15, 0.2) is 0 Å². The van der Waals surface area contributed by atoms with Crippen molar-refractivity contribution in [3.8, 4) is 0 Å². The fourth-order valence-corrected chi connectivity index (χ4v) is 3.17. The predicted octanol–water partition coefficient (Wildman–Crippen LogP) is 2.39. The molecular weight excluding hydrogens is 184 g/mol. The molecule has 2 nitrogen and oxygen atoms in total. The summed E-state index contributed by atoms with van der Waals surface area (Å²) in [5.41, 5.74) is 0. The van der Waals surface area contributed by atoms with Gasteiger partial charge in [-0.1, -0.05) is 12.8 Å². The molecule has 2 aliphatic rings. The third-order valence-corrected chi connectivity index (χ3v) is 4.12. The summed E-state index contributed by atoms with van der Waals surface area (Å²) in [6, 6.07) is 1.70. The molecule has 2 heterocycles. The van der Waals surface area contributed by atoms with Crippen LogP contribution in [0.3, 0.4) is 0 Å². The Hall–Kier alpha value is -0.0800. The van der Waals surface area contributed by atoms with E-state index < -0.39 is 0 Å². The number of rotatable bonds is 1. The first kappa shape index (κ1) is 11.4. The molecule has 0 aromatic heterocycles. The first-order chi connectivity index (χ1) is 7.38. The van der Waals surface area contributed by atoms with Crippen LogP contribution in [0.4, 0.5) is 0 Å². The third kappa shape index (κ3) is 3.18. The molecule has 2 saturated heterocycles. The first-order valence-corrected chi connectivity index (χ1v) is 6.84. The Kier molecular flexibility index (Phi) is 4.45. The lowest BCUT2D eigenvalue weighted by Gasteiger charge is -2.34. The van der Waals surface area contributed by atoms with Crippen molar-refractivity contribution < 1.29 is 0 Å². The van der Waals surface area contributed by atoms with Crippen LogP contribution in [0.1, 0.15) is 51.9 Å². The van der Waals surface area contributed by atoms with Crippen molar-refractivity contribution in [1.29, 1.82) is 0 Å². The third-order valence-electron chi connectivity index (χ3n) is 4.12. The molecule has 0 aliphatic carbocycles. The molecule has 2 aliphatic heterocycles. The second kappa shape index (κ2) is 5.86. The summed E-state index contributed by atoms with van der Waals surface area (Å²) in [5, 5.41) is 3.52. The summed E-state index contributed by atoms with van der Waals surface area (Å²) in [4.78, 5) is 2.81. The molecule has 2 atom stereocenters. The Morgan fingerprint density at radius 3 is 2.80 bits per heavy atom. The number of nitrogens with zero attached hydrogens (tertiary/aromatic N) is 1. The topological polar surface area (TPSA) is 15.3 Å². The van der Waals surface area contributed by atoms with Gasteiger partial charge in [-0.15, -0.1) is 0 Å². The van der Waals surface area contributed by atoms with E-state index in [-0.39, 0.29) is 0 Å². The average molecular weight is 210 g/mol. The standard InChI is InChI=1S/C13H26N2/c1-12-6-3-2-4-11-15(12)13-7-5-9-14-10-8-13/h12-14H,2-11H2,1H3. The van der Waals surface area contributed by atoms with E-state index in [9.17, 15) is 0 Å². The van der Waals surface area contributed by atoms with E-state index in [1.165, 1.54) is 64.6 Å². The minimum Gasteiger partial charge on any atom is -0.317 e. The highest BCUT2D eigenvalue weighted by atomic mass is 15.2. The van der Waals surface area contributed by atoms with Crippen LogP contribution in [-0.2, 0) is 0 Å². The fraction of sp³-hybridized carbons (Fsp3) is 1.00. The molecule has 15 heavy (non-hydrogen) atoms. The summed E-state index contributed by atoms with van der Waals surface area (Å²) in [6.07, 6.45) is 9.89. The number of hydrogen-bond donors (Lipinski definition) is 1. The van der Waals surface area contributed by atoms with Gasteiger partial charge in [0, 0.05) is 12.1 Å². The SMILES string of the molecule is CC1CCCCCN1C1CCCNCC1. The van der Waals surface area contributed by atoms with Gasteiger partial charge in [0.15, 0.2) is 0 Å². The second-order valence-corrected chi connectivity index (χ2v) is 5.27. The van der Waals surface area contributed by atoms with Crippen molar-refractivity contribution >= 4 is 0 Å². The maximum absolute atomic E-state index is 3.52. The van der Waals surface area contributed by atoms with Crippen LogP contribution < -0.4 is 5.32 Å². The molecule has 0 saturated carbocycles. The number of hydrogen-bond acceptors (Lipinski definition) is 2. The molecule has 0 amide bonds. The molecule has 0 radical (unpaired) electrons. The number of likely N-dealkylation sites (tertiary alicyclic amines) is 1. The highest BCUT2D eigenvalue weighted by Gasteiger charge is 2.25. The van der Waals surface area contributed by atoms with Crippen LogP contribution in [0.25, 0.3) is 0 Å². The van der Waals surface area contributed by atoms with Crippen molar-refractivity contribution in [2.24, 2.45) is 0 Å². The molecule has 1 N–H and O–H groups in total. The molecule has 88 valence electrons. The summed E-state index contributed by atoms with van der Waals surface area (Å²) in [7, 11) is 0. The van der Waals surface area contributed by atoms with E-state index in [0.29, 0.717) is 0 Å². The quantitative estimate of drug-likeness (QED) is 0.715. The largest absolute Gasteiger partial charge is 0.317 e. The van der Waals surface area contributed by atoms with Crippen LogP contribution >= 0.6 is 0 Å². The molecule has 0 aromatic rings.